The Bertz CT molecular complexity index is 1320. The molecule has 36 heavy (non-hydrogen) atoms. The van der Waals surface area contributed by atoms with Crippen LogP contribution in [0.5, 0.6) is 17.2 Å². The van der Waals surface area contributed by atoms with Gasteiger partial charge >= 0.3 is 0 Å². The van der Waals surface area contributed by atoms with Crippen molar-refractivity contribution in [2.75, 3.05) is 25.2 Å². The maximum Gasteiger partial charge on any atom is 0.267 e. The molecule has 1 aromatic heterocycles. The first kappa shape index (κ1) is 23.9. The van der Waals surface area contributed by atoms with Gasteiger partial charge in [-0.1, -0.05) is 30.3 Å². The van der Waals surface area contributed by atoms with Crippen molar-refractivity contribution in [3.63, 3.8) is 0 Å². The van der Waals surface area contributed by atoms with Crippen molar-refractivity contribution in [1.82, 2.24) is 4.98 Å². The summed E-state index contributed by atoms with van der Waals surface area (Å²) in [5.74, 6) is 2.22. The maximum absolute atomic E-state index is 13.0. The molecule has 6 nitrogen and oxygen atoms in total. The Hall–Kier alpha value is -3.84. The molecule has 1 unspecified atom stereocenters. The Labute approximate surface area is 215 Å². The van der Waals surface area contributed by atoms with Gasteiger partial charge in [0.2, 0.25) is 0 Å². The molecule has 0 saturated carbocycles. The molecule has 0 spiro atoms. The number of ether oxygens (including phenoxy) is 3. The fourth-order valence-corrected chi connectivity index (χ4v) is 5.01. The number of amides is 1. The quantitative estimate of drug-likeness (QED) is 0.264. The second kappa shape index (κ2) is 10.8. The molecule has 0 aliphatic carbocycles. The fraction of sp³-hybridized carbons (Fsp3) is 0.241. The summed E-state index contributed by atoms with van der Waals surface area (Å²) >= 11 is 1.65. The van der Waals surface area contributed by atoms with E-state index >= 15 is 0 Å². The predicted octanol–water partition coefficient (Wildman–Crippen LogP) is 5.99. The van der Waals surface area contributed by atoms with Crippen molar-refractivity contribution in [3.8, 4) is 28.5 Å². The summed E-state index contributed by atoms with van der Waals surface area (Å²) in [6, 6.07) is 23.8. The van der Waals surface area contributed by atoms with Gasteiger partial charge in [-0.25, -0.2) is 4.98 Å². The van der Waals surface area contributed by atoms with Gasteiger partial charge in [0, 0.05) is 23.9 Å². The Morgan fingerprint density at radius 2 is 1.81 bits per heavy atom. The smallest absolute Gasteiger partial charge is 0.267 e. The average molecular weight is 501 g/mol. The van der Waals surface area contributed by atoms with Crippen molar-refractivity contribution in [1.29, 1.82) is 0 Å². The van der Waals surface area contributed by atoms with Crippen molar-refractivity contribution < 1.29 is 19.0 Å². The highest BCUT2D eigenvalue weighted by Crippen LogP contribution is 2.38. The molecule has 3 aromatic carbocycles. The highest BCUT2D eigenvalue weighted by molar-refractivity contribution is 7.10. The number of nitrogens with zero attached hydrogens (tertiary/aromatic N) is 2. The van der Waals surface area contributed by atoms with Crippen molar-refractivity contribution in [2.24, 2.45) is 0 Å². The zero-order valence-corrected chi connectivity index (χ0v) is 21.2. The van der Waals surface area contributed by atoms with E-state index in [4.69, 9.17) is 19.2 Å². The summed E-state index contributed by atoms with van der Waals surface area (Å²) in [7, 11) is 1.64. The van der Waals surface area contributed by atoms with E-state index in [0.29, 0.717) is 25.3 Å². The van der Waals surface area contributed by atoms with Gasteiger partial charge in [-0.05, 0) is 61.4 Å². The first-order valence-corrected chi connectivity index (χ1v) is 12.9. The molecule has 0 fully saturated rings. The highest BCUT2D eigenvalue weighted by Gasteiger charge is 2.31. The highest BCUT2D eigenvalue weighted by atomic mass is 32.1. The van der Waals surface area contributed by atoms with Crippen LogP contribution in [0.15, 0.2) is 78.2 Å². The summed E-state index contributed by atoms with van der Waals surface area (Å²) in [6.45, 7) is 2.82. The van der Waals surface area contributed by atoms with Gasteiger partial charge in [0.25, 0.3) is 5.91 Å². The third-order valence-electron chi connectivity index (χ3n) is 6.07. The molecular formula is C29H28N2O4S. The molecule has 184 valence electrons. The van der Waals surface area contributed by atoms with Crippen molar-refractivity contribution in [2.45, 2.75) is 25.9 Å². The number of carbonyl (C=O) groups is 1. The number of hydrogen-bond donors (Lipinski definition) is 0. The van der Waals surface area contributed by atoms with E-state index in [0.717, 1.165) is 39.9 Å². The summed E-state index contributed by atoms with van der Waals surface area (Å²) in [4.78, 5) is 19.7. The molecule has 0 radical (unpaired) electrons. The van der Waals surface area contributed by atoms with Crippen LogP contribution < -0.4 is 19.1 Å². The lowest BCUT2D eigenvalue weighted by Gasteiger charge is -2.33. The molecule has 4 aromatic rings. The van der Waals surface area contributed by atoms with Crippen LogP contribution in [-0.2, 0) is 11.2 Å². The fourth-order valence-electron chi connectivity index (χ4n) is 4.18. The Morgan fingerprint density at radius 3 is 2.58 bits per heavy atom. The van der Waals surface area contributed by atoms with E-state index in [-0.39, 0.29) is 5.91 Å². The van der Waals surface area contributed by atoms with Crippen molar-refractivity contribution >= 4 is 22.9 Å². The number of hydrogen-bond acceptors (Lipinski definition) is 6. The number of benzene rings is 3. The minimum absolute atomic E-state index is 0.0489. The maximum atomic E-state index is 13.0. The van der Waals surface area contributed by atoms with Crippen LogP contribution in [0.25, 0.3) is 11.3 Å². The normalized spacial score (nSPS) is 14.8. The molecule has 1 aliphatic rings. The zero-order valence-electron chi connectivity index (χ0n) is 20.3. The van der Waals surface area contributed by atoms with E-state index in [1.54, 1.807) is 25.4 Å². The minimum atomic E-state index is -0.525. The van der Waals surface area contributed by atoms with E-state index in [1.807, 2.05) is 65.6 Å². The second-order valence-electron chi connectivity index (χ2n) is 8.60. The molecule has 0 N–H and O–H groups in total. The first-order valence-electron chi connectivity index (χ1n) is 12.0. The number of methoxy groups -OCH3 is 1. The molecule has 0 saturated heterocycles. The van der Waals surface area contributed by atoms with Gasteiger partial charge in [0.1, 0.15) is 17.2 Å². The summed E-state index contributed by atoms with van der Waals surface area (Å²) in [6.07, 6.45) is 0.963. The monoisotopic (exact) mass is 500 g/mol. The molecular weight excluding hydrogens is 472 g/mol. The van der Waals surface area contributed by atoms with Gasteiger partial charge in [-0.15, -0.1) is 11.3 Å². The number of thiazole rings is 1. The molecule has 1 amide bonds. The topological polar surface area (TPSA) is 60.9 Å². The minimum Gasteiger partial charge on any atom is -0.497 e. The van der Waals surface area contributed by atoms with Gasteiger partial charge in [0.05, 0.1) is 30.1 Å². The largest absolute Gasteiger partial charge is 0.497 e. The van der Waals surface area contributed by atoms with Gasteiger partial charge in [0.15, 0.2) is 6.10 Å². The summed E-state index contributed by atoms with van der Waals surface area (Å²) in [5, 5.41) is 3.13. The van der Waals surface area contributed by atoms with Crippen LogP contribution in [0.4, 0.5) is 5.69 Å². The Morgan fingerprint density at radius 1 is 1.03 bits per heavy atom. The lowest BCUT2D eigenvalue weighted by atomic mass is 10.1. The first-order chi connectivity index (χ1) is 17.6. The molecule has 1 aliphatic heterocycles. The zero-order chi connectivity index (χ0) is 24.9. The van der Waals surface area contributed by atoms with E-state index in [1.165, 1.54) is 5.56 Å². The Kier molecular flexibility index (Phi) is 7.18. The van der Waals surface area contributed by atoms with Crippen LogP contribution in [0.1, 0.15) is 23.9 Å². The number of carbonyl (C=O) groups excluding carboxylic acids is 1. The number of aromatic nitrogens is 1. The van der Waals surface area contributed by atoms with Crippen LogP contribution >= 0.6 is 11.3 Å². The lowest BCUT2D eigenvalue weighted by Crippen LogP contribution is -2.45. The van der Waals surface area contributed by atoms with Crippen LogP contribution in [0.2, 0.25) is 0 Å². The molecule has 0 bridgehead atoms. The predicted molar refractivity (Wildman–Crippen MR) is 142 cm³/mol. The van der Waals surface area contributed by atoms with Gasteiger partial charge in [-0.3, -0.25) is 4.79 Å². The van der Waals surface area contributed by atoms with Gasteiger partial charge < -0.3 is 19.1 Å². The van der Waals surface area contributed by atoms with E-state index in [2.05, 4.69) is 17.5 Å². The van der Waals surface area contributed by atoms with Crippen LogP contribution in [0, 0.1) is 0 Å². The molecule has 1 atom stereocenters. The third kappa shape index (κ3) is 5.36. The Balaban J connectivity index is 1.28. The molecule has 7 heteroatoms. The number of rotatable bonds is 9. The van der Waals surface area contributed by atoms with E-state index in [9.17, 15) is 4.79 Å². The van der Waals surface area contributed by atoms with Crippen molar-refractivity contribution in [3.05, 3.63) is 88.7 Å². The summed E-state index contributed by atoms with van der Waals surface area (Å²) in [5.41, 5.74) is 3.88. The number of fused-ring (bicyclic) bond motifs is 1. The standard InChI is InChI=1S/C29H28N2O4S/c1-20-29(32)31(15-6-16-34-24-12-10-23(33-2)11-13-24)26-18-22(9-14-27(26)35-20)25-19-36-28(30-25)17-21-7-4-3-5-8-21/h3-5,7-14,18-20H,6,15-17H2,1-2H3. The number of anilines is 1. The lowest BCUT2D eigenvalue weighted by molar-refractivity contribution is -0.125. The summed E-state index contributed by atoms with van der Waals surface area (Å²) < 4.78 is 16.9. The van der Waals surface area contributed by atoms with Gasteiger partial charge in [-0.2, -0.15) is 0 Å². The molecule has 5 rings (SSSR count). The third-order valence-corrected chi connectivity index (χ3v) is 6.92. The average Bonchev–Trinajstić information content (AvgIpc) is 3.37. The van der Waals surface area contributed by atoms with E-state index < -0.39 is 6.10 Å². The SMILES string of the molecule is COc1ccc(OCCCN2C(=O)C(C)Oc3ccc(-c4csc(Cc5ccccc5)n4)cc32)cc1. The van der Waals surface area contributed by atoms with Crippen LogP contribution in [-0.4, -0.2) is 37.3 Å². The molecule has 2 heterocycles. The second-order valence-corrected chi connectivity index (χ2v) is 9.54. The van der Waals surface area contributed by atoms with Crippen LogP contribution in [0.3, 0.4) is 0 Å².